The summed E-state index contributed by atoms with van der Waals surface area (Å²) in [5, 5.41) is 11.6. The SMILES string of the molecule is NC(=O)OCCNC(=O)c1cc(F)ccc1O. The van der Waals surface area contributed by atoms with Gasteiger partial charge in [-0.3, -0.25) is 4.79 Å². The van der Waals surface area contributed by atoms with Gasteiger partial charge >= 0.3 is 6.09 Å². The third kappa shape index (κ3) is 3.98. The Balaban J connectivity index is 2.52. The summed E-state index contributed by atoms with van der Waals surface area (Å²) in [7, 11) is 0. The van der Waals surface area contributed by atoms with Crippen LogP contribution in [0.25, 0.3) is 0 Å². The van der Waals surface area contributed by atoms with Crippen LogP contribution in [0.5, 0.6) is 5.75 Å². The second-order valence-electron chi connectivity index (χ2n) is 3.08. The third-order valence-corrected chi connectivity index (χ3v) is 1.84. The van der Waals surface area contributed by atoms with E-state index in [2.05, 4.69) is 10.1 Å². The number of benzene rings is 1. The third-order valence-electron chi connectivity index (χ3n) is 1.84. The minimum atomic E-state index is -0.951. The van der Waals surface area contributed by atoms with Gasteiger partial charge < -0.3 is 20.9 Å². The molecule has 1 rings (SSSR count). The van der Waals surface area contributed by atoms with Crippen molar-refractivity contribution in [3.63, 3.8) is 0 Å². The maximum absolute atomic E-state index is 12.8. The number of carbonyl (C=O) groups is 2. The highest BCUT2D eigenvalue weighted by Gasteiger charge is 2.11. The molecule has 0 heterocycles. The van der Waals surface area contributed by atoms with E-state index in [0.29, 0.717) is 0 Å². The van der Waals surface area contributed by atoms with Crippen LogP contribution in [-0.4, -0.2) is 30.3 Å². The zero-order valence-corrected chi connectivity index (χ0v) is 8.77. The number of hydrogen-bond donors (Lipinski definition) is 3. The first-order chi connectivity index (χ1) is 8.00. The summed E-state index contributed by atoms with van der Waals surface area (Å²) in [4.78, 5) is 21.7. The normalized spacial score (nSPS) is 9.71. The average Bonchev–Trinajstić information content (AvgIpc) is 2.27. The van der Waals surface area contributed by atoms with Crippen LogP contribution in [0.3, 0.4) is 0 Å². The van der Waals surface area contributed by atoms with Gasteiger partial charge in [0.25, 0.3) is 5.91 Å². The molecule has 1 aromatic rings. The number of phenols is 1. The molecule has 17 heavy (non-hydrogen) atoms. The van der Waals surface area contributed by atoms with Crippen LogP contribution in [0.4, 0.5) is 9.18 Å². The summed E-state index contributed by atoms with van der Waals surface area (Å²) in [6.45, 7) is -0.0884. The van der Waals surface area contributed by atoms with Crippen molar-refractivity contribution in [1.82, 2.24) is 5.32 Å². The molecule has 92 valence electrons. The van der Waals surface area contributed by atoms with E-state index in [1.807, 2.05) is 0 Å². The van der Waals surface area contributed by atoms with Crippen molar-refractivity contribution < 1.29 is 23.8 Å². The molecule has 0 spiro atoms. The van der Waals surface area contributed by atoms with E-state index >= 15 is 0 Å². The molecular weight excluding hydrogens is 231 g/mol. The van der Waals surface area contributed by atoms with Crippen molar-refractivity contribution in [2.75, 3.05) is 13.2 Å². The molecule has 1 aromatic carbocycles. The lowest BCUT2D eigenvalue weighted by molar-refractivity contribution is 0.0933. The van der Waals surface area contributed by atoms with Crippen molar-refractivity contribution in [2.24, 2.45) is 5.73 Å². The molecular formula is C10H11FN2O4. The molecule has 0 bridgehead atoms. The first-order valence-electron chi connectivity index (χ1n) is 4.69. The quantitative estimate of drug-likeness (QED) is 0.663. The van der Waals surface area contributed by atoms with E-state index in [4.69, 9.17) is 5.73 Å². The number of rotatable bonds is 4. The van der Waals surface area contributed by atoms with Gasteiger partial charge in [0.1, 0.15) is 18.2 Å². The summed E-state index contributed by atoms with van der Waals surface area (Å²) in [6.07, 6.45) is -0.951. The number of primary amides is 1. The zero-order chi connectivity index (χ0) is 12.8. The lowest BCUT2D eigenvalue weighted by Gasteiger charge is -2.06. The Morgan fingerprint density at radius 1 is 1.47 bits per heavy atom. The largest absolute Gasteiger partial charge is 0.507 e. The van der Waals surface area contributed by atoms with E-state index in [1.165, 1.54) is 0 Å². The molecule has 0 unspecified atom stereocenters. The Morgan fingerprint density at radius 3 is 2.82 bits per heavy atom. The molecule has 0 atom stereocenters. The van der Waals surface area contributed by atoms with E-state index in [-0.39, 0.29) is 24.5 Å². The number of hydrogen-bond acceptors (Lipinski definition) is 4. The second-order valence-corrected chi connectivity index (χ2v) is 3.08. The average molecular weight is 242 g/mol. The number of carbonyl (C=O) groups excluding carboxylic acids is 2. The number of nitrogens with one attached hydrogen (secondary N) is 1. The number of amides is 2. The summed E-state index contributed by atoms with van der Waals surface area (Å²) in [5.74, 6) is -1.64. The van der Waals surface area contributed by atoms with E-state index in [9.17, 15) is 19.1 Å². The highest BCUT2D eigenvalue weighted by Crippen LogP contribution is 2.17. The summed E-state index contributed by atoms with van der Waals surface area (Å²) in [6, 6.07) is 3.01. The highest BCUT2D eigenvalue weighted by molar-refractivity contribution is 5.96. The van der Waals surface area contributed by atoms with Crippen molar-refractivity contribution >= 4 is 12.0 Å². The van der Waals surface area contributed by atoms with Crippen molar-refractivity contribution in [3.8, 4) is 5.75 Å². The van der Waals surface area contributed by atoms with Gasteiger partial charge in [-0.15, -0.1) is 0 Å². The van der Waals surface area contributed by atoms with Crippen LogP contribution in [-0.2, 0) is 4.74 Å². The van der Waals surface area contributed by atoms with E-state index in [1.54, 1.807) is 0 Å². The van der Waals surface area contributed by atoms with Crippen molar-refractivity contribution in [1.29, 1.82) is 0 Å². The van der Waals surface area contributed by atoms with Gasteiger partial charge in [-0.1, -0.05) is 0 Å². The van der Waals surface area contributed by atoms with E-state index < -0.39 is 17.8 Å². The molecule has 0 aliphatic carbocycles. The number of halogens is 1. The van der Waals surface area contributed by atoms with Crippen molar-refractivity contribution in [2.45, 2.75) is 0 Å². The molecule has 0 radical (unpaired) electrons. The lowest BCUT2D eigenvalue weighted by Crippen LogP contribution is -2.29. The van der Waals surface area contributed by atoms with Gasteiger partial charge in [0, 0.05) is 0 Å². The summed E-state index contributed by atoms with van der Waals surface area (Å²) in [5.41, 5.74) is 4.51. The molecule has 4 N–H and O–H groups in total. The van der Waals surface area contributed by atoms with Gasteiger partial charge in [0.15, 0.2) is 0 Å². The standard InChI is InChI=1S/C10H11FN2O4/c11-6-1-2-8(14)7(5-6)9(15)13-3-4-17-10(12)16/h1-2,5,14H,3-4H2,(H2,12,16)(H,13,15). The first-order valence-corrected chi connectivity index (χ1v) is 4.69. The predicted octanol–water partition coefficient (Wildman–Crippen LogP) is 0.356. The molecule has 6 nitrogen and oxygen atoms in total. The van der Waals surface area contributed by atoms with Gasteiger partial charge in [0.05, 0.1) is 12.1 Å². The number of nitrogens with two attached hydrogens (primary N) is 1. The van der Waals surface area contributed by atoms with Crippen LogP contribution >= 0.6 is 0 Å². The number of phenolic OH excluding ortho intramolecular Hbond substituents is 1. The number of aromatic hydroxyl groups is 1. The molecule has 0 aromatic heterocycles. The van der Waals surface area contributed by atoms with Crippen LogP contribution in [0.15, 0.2) is 18.2 Å². The fourth-order valence-corrected chi connectivity index (χ4v) is 1.10. The van der Waals surface area contributed by atoms with Crippen molar-refractivity contribution in [3.05, 3.63) is 29.6 Å². The molecule has 0 aliphatic rings. The molecule has 7 heteroatoms. The van der Waals surface area contributed by atoms with Gasteiger partial charge in [-0.05, 0) is 18.2 Å². The Hall–Kier alpha value is -2.31. The number of ether oxygens (including phenoxy) is 1. The Labute approximate surface area is 96.2 Å². The fraction of sp³-hybridized carbons (Fsp3) is 0.200. The van der Waals surface area contributed by atoms with Crippen LogP contribution < -0.4 is 11.1 Å². The Kier molecular flexibility index (Phi) is 4.27. The lowest BCUT2D eigenvalue weighted by atomic mass is 10.2. The van der Waals surface area contributed by atoms with E-state index in [0.717, 1.165) is 18.2 Å². The Bertz CT molecular complexity index is 436. The summed E-state index contributed by atoms with van der Waals surface area (Å²) < 4.78 is 17.2. The van der Waals surface area contributed by atoms with Gasteiger partial charge in [0.2, 0.25) is 0 Å². The van der Waals surface area contributed by atoms with Crippen LogP contribution in [0, 0.1) is 5.82 Å². The predicted molar refractivity (Wildman–Crippen MR) is 55.9 cm³/mol. The molecule has 2 amide bonds. The monoisotopic (exact) mass is 242 g/mol. The topological polar surface area (TPSA) is 102 Å². The van der Waals surface area contributed by atoms with Crippen LogP contribution in [0.2, 0.25) is 0 Å². The maximum Gasteiger partial charge on any atom is 0.404 e. The minimum Gasteiger partial charge on any atom is -0.507 e. The molecule has 0 fully saturated rings. The second kappa shape index (κ2) is 5.69. The van der Waals surface area contributed by atoms with Gasteiger partial charge in [-0.2, -0.15) is 0 Å². The molecule has 0 aliphatic heterocycles. The molecule has 0 saturated heterocycles. The Morgan fingerprint density at radius 2 is 2.18 bits per heavy atom. The van der Waals surface area contributed by atoms with Crippen LogP contribution in [0.1, 0.15) is 10.4 Å². The smallest absolute Gasteiger partial charge is 0.404 e. The minimum absolute atomic E-state index is 0.0116. The zero-order valence-electron chi connectivity index (χ0n) is 8.77. The fourth-order valence-electron chi connectivity index (χ4n) is 1.10. The first kappa shape index (κ1) is 12.8. The summed E-state index contributed by atoms with van der Waals surface area (Å²) >= 11 is 0. The van der Waals surface area contributed by atoms with Gasteiger partial charge in [-0.25, -0.2) is 9.18 Å². The molecule has 0 saturated carbocycles. The maximum atomic E-state index is 12.8. The highest BCUT2D eigenvalue weighted by atomic mass is 19.1.